The van der Waals surface area contributed by atoms with Crippen LogP contribution in [0.2, 0.25) is 0 Å². The Bertz CT molecular complexity index is 280. The summed E-state index contributed by atoms with van der Waals surface area (Å²) in [5, 5.41) is 11.7. The summed E-state index contributed by atoms with van der Waals surface area (Å²) in [6.45, 7) is 8.19. The van der Waals surface area contributed by atoms with Crippen LogP contribution >= 0.6 is 0 Å². The highest BCUT2D eigenvalue weighted by molar-refractivity contribution is 5.81. The van der Waals surface area contributed by atoms with Crippen LogP contribution in [0, 0.1) is 16.7 Å². The summed E-state index contributed by atoms with van der Waals surface area (Å²) < 4.78 is 0. The lowest BCUT2D eigenvalue weighted by atomic mass is 9.91. The smallest absolute Gasteiger partial charge is 0.237 e. The van der Waals surface area contributed by atoms with Crippen LogP contribution in [0.5, 0.6) is 0 Å². The van der Waals surface area contributed by atoms with Crippen molar-refractivity contribution in [2.45, 2.75) is 33.2 Å². The average molecular weight is 209 g/mol. The van der Waals surface area contributed by atoms with Gasteiger partial charge in [0.25, 0.3) is 0 Å². The van der Waals surface area contributed by atoms with Crippen LogP contribution < -0.4 is 5.32 Å². The molecule has 1 heterocycles. The molecule has 4 nitrogen and oxygen atoms in total. The molecule has 15 heavy (non-hydrogen) atoms. The maximum absolute atomic E-state index is 11.4. The van der Waals surface area contributed by atoms with E-state index in [-0.39, 0.29) is 17.4 Å². The van der Waals surface area contributed by atoms with Crippen molar-refractivity contribution in [3.63, 3.8) is 0 Å². The first-order chi connectivity index (χ1) is 6.96. The largest absolute Gasteiger partial charge is 0.353 e. The number of piperazine rings is 1. The fourth-order valence-corrected chi connectivity index (χ4v) is 1.61. The minimum absolute atomic E-state index is 0.0618. The molecule has 0 saturated carbocycles. The summed E-state index contributed by atoms with van der Waals surface area (Å²) in [6, 6.07) is 2.22. The number of hydrogen-bond acceptors (Lipinski definition) is 3. The van der Waals surface area contributed by atoms with E-state index in [1.54, 1.807) is 0 Å². The van der Waals surface area contributed by atoms with Gasteiger partial charge in [0.05, 0.1) is 17.5 Å². The first-order valence-corrected chi connectivity index (χ1v) is 5.39. The average Bonchev–Trinajstić information content (AvgIpc) is 2.20. The summed E-state index contributed by atoms with van der Waals surface area (Å²) in [7, 11) is 0. The molecule has 1 rings (SSSR count). The first kappa shape index (κ1) is 12.0. The molecule has 4 heteroatoms. The number of nitriles is 1. The third kappa shape index (κ3) is 3.21. The zero-order chi connectivity index (χ0) is 11.5. The third-order valence-corrected chi connectivity index (χ3v) is 2.95. The standard InChI is InChI=1S/C11H19N3O/c1-9-10(15)13-5-7-14(9)6-4-11(2,3)8-12/h9H,4-7H2,1-3H3,(H,13,15). The number of hydrogen-bond donors (Lipinski definition) is 1. The fraction of sp³-hybridized carbons (Fsp3) is 0.818. The summed E-state index contributed by atoms with van der Waals surface area (Å²) in [6.07, 6.45) is 0.807. The van der Waals surface area contributed by atoms with E-state index in [9.17, 15) is 4.79 Å². The number of nitrogens with zero attached hydrogens (tertiary/aromatic N) is 2. The van der Waals surface area contributed by atoms with Crippen molar-refractivity contribution in [2.75, 3.05) is 19.6 Å². The zero-order valence-corrected chi connectivity index (χ0v) is 9.71. The Hall–Kier alpha value is -1.08. The molecule has 0 aromatic rings. The van der Waals surface area contributed by atoms with Crippen LogP contribution in [0.15, 0.2) is 0 Å². The van der Waals surface area contributed by atoms with Gasteiger partial charge in [-0.1, -0.05) is 0 Å². The highest BCUT2D eigenvalue weighted by Gasteiger charge is 2.27. The lowest BCUT2D eigenvalue weighted by molar-refractivity contribution is -0.128. The SMILES string of the molecule is CC1C(=O)NCCN1CCC(C)(C)C#N. The maximum atomic E-state index is 11.4. The van der Waals surface area contributed by atoms with Crippen LogP contribution in [0.3, 0.4) is 0 Å². The van der Waals surface area contributed by atoms with Crippen LogP contribution in [-0.2, 0) is 4.79 Å². The Labute approximate surface area is 91.2 Å². The predicted molar refractivity (Wildman–Crippen MR) is 58.1 cm³/mol. The summed E-state index contributed by atoms with van der Waals surface area (Å²) in [5.74, 6) is 0.0935. The first-order valence-electron chi connectivity index (χ1n) is 5.39. The monoisotopic (exact) mass is 209 g/mol. The molecular weight excluding hydrogens is 190 g/mol. The van der Waals surface area contributed by atoms with E-state index >= 15 is 0 Å². The third-order valence-electron chi connectivity index (χ3n) is 2.95. The minimum Gasteiger partial charge on any atom is -0.353 e. The molecule has 0 aliphatic carbocycles. The molecule has 1 N–H and O–H groups in total. The Kier molecular flexibility index (Phi) is 3.70. The van der Waals surface area contributed by atoms with Crippen LogP contribution in [0.25, 0.3) is 0 Å². The van der Waals surface area contributed by atoms with Gasteiger partial charge in [-0.15, -0.1) is 0 Å². The van der Waals surface area contributed by atoms with Gasteiger partial charge in [0.15, 0.2) is 0 Å². The number of carbonyl (C=O) groups excluding carboxylic acids is 1. The topological polar surface area (TPSA) is 56.1 Å². The Morgan fingerprint density at radius 3 is 2.93 bits per heavy atom. The van der Waals surface area contributed by atoms with Crippen molar-refractivity contribution in [1.29, 1.82) is 5.26 Å². The molecule has 1 amide bonds. The Morgan fingerprint density at radius 2 is 2.33 bits per heavy atom. The summed E-state index contributed by atoms with van der Waals surface area (Å²) >= 11 is 0. The number of carbonyl (C=O) groups is 1. The van der Waals surface area contributed by atoms with Crippen molar-refractivity contribution >= 4 is 5.91 Å². The van der Waals surface area contributed by atoms with Crippen LogP contribution in [0.1, 0.15) is 27.2 Å². The number of rotatable bonds is 3. The Morgan fingerprint density at radius 1 is 1.67 bits per heavy atom. The molecule has 0 spiro atoms. The zero-order valence-electron chi connectivity index (χ0n) is 9.71. The molecular formula is C11H19N3O. The van der Waals surface area contributed by atoms with Crippen molar-refractivity contribution in [3.8, 4) is 6.07 Å². The molecule has 84 valence electrons. The summed E-state index contributed by atoms with van der Waals surface area (Å²) in [4.78, 5) is 13.5. The highest BCUT2D eigenvalue weighted by atomic mass is 16.2. The van der Waals surface area contributed by atoms with E-state index in [2.05, 4.69) is 16.3 Å². The van der Waals surface area contributed by atoms with Gasteiger partial charge >= 0.3 is 0 Å². The van der Waals surface area contributed by atoms with E-state index in [1.807, 2.05) is 20.8 Å². The molecule has 0 radical (unpaired) electrons. The maximum Gasteiger partial charge on any atom is 0.237 e. The van der Waals surface area contributed by atoms with E-state index in [1.165, 1.54) is 0 Å². The molecule has 1 aliphatic rings. The molecule has 1 saturated heterocycles. The Balaban J connectivity index is 2.45. The van der Waals surface area contributed by atoms with Gasteiger partial charge < -0.3 is 5.32 Å². The molecule has 1 fully saturated rings. The van der Waals surface area contributed by atoms with Gasteiger partial charge in [-0.2, -0.15) is 5.26 Å². The lowest BCUT2D eigenvalue weighted by Gasteiger charge is -2.33. The van der Waals surface area contributed by atoms with Gasteiger partial charge in [-0.3, -0.25) is 9.69 Å². The fourth-order valence-electron chi connectivity index (χ4n) is 1.61. The normalized spacial score (nSPS) is 23.3. The van der Waals surface area contributed by atoms with Crippen LogP contribution in [-0.4, -0.2) is 36.5 Å². The van der Waals surface area contributed by atoms with Crippen molar-refractivity contribution in [2.24, 2.45) is 5.41 Å². The second-order valence-corrected chi connectivity index (χ2v) is 4.75. The van der Waals surface area contributed by atoms with Gasteiger partial charge in [0, 0.05) is 19.6 Å². The van der Waals surface area contributed by atoms with E-state index in [0.29, 0.717) is 0 Å². The van der Waals surface area contributed by atoms with Gasteiger partial charge in [0.1, 0.15) is 0 Å². The molecule has 1 atom stereocenters. The van der Waals surface area contributed by atoms with E-state index < -0.39 is 0 Å². The molecule has 0 aromatic heterocycles. The molecule has 0 bridgehead atoms. The minimum atomic E-state index is -0.298. The second-order valence-electron chi connectivity index (χ2n) is 4.75. The highest BCUT2D eigenvalue weighted by Crippen LogP contribution is 2.20. The van der Waals surface area contributed by atoms with Crippen molar-refractivity contribution in [3.05, 3.63) is 0 Å². The van der Waals surface area contributed by atoms with Crippen LogP contribution in [0.4, 0.5) is 0 Å². The van der Waals surface area contributed by atoms with Crippen molar-refractivity contribution < 1.29 is 4.79 Å². The molecule has 1 unspecified atom stereocenters. The van der Waals surface area contributed by atoms with Crippen molar-refractivity contribution in [1.82, 2.24) is 10.2 Å². The lowest BCUT2D eigenvalue weighted by Crippen LogP contribution is -2.54. The quantitative estimate of drug-likeness (QED) is 0.746. The van der Waals surface area contributed by atoms with E-state index in [0.717, 1.165) is 26.1 Å². The van der Waals surface area contributed by atoms with Gasteiger partial charge in [-0.05, 0) is 27.2 Å². The second kappa shape index (κ2) is 4.63. The van der Waals surface area contributed by atoms with E-state index in [4.69, 9.17) is 5.26 Å². The number of nitrogens with one attached hydrogen (secondary N) is 1. The van der Waals surface area contributed by atoms with Gasteiger partial charge in [-0.25, -0.2) is 0 Å². The molecule has 1 aliphatic heterocycles. The molecule has 0 aromatic carbocycles. The van der Waals surface area contributed by atoms with Gasteiger partial charge in [0.2, 0.25) is 5.91 Å². The number of amides is 1. The predicted octanol–water partition coefficient (Wildman–Crippen LogP) is 0.747. The summed E-state index contributed by atoms with van der Waals surface area (Å²) in [5.41, 5.74) is -0.298.